The molecule has 0 bridgehead atoms. The number of carbonyl (C=O) groups is 3. The molecule has 0 saturated carbocycles. The molecule has 0 unspecified atom stereocenters. The Labute approximate surface area is 215 Å². The summed E-state index contributed by atoms with van der Waals surface area (Å²) in [6.07, 6.45) is 0.412. The van der Waals surface area contributed by atoms with E-state index in [1.54, 1.807) is 30.3 Å². The number of rotatable bonds is 10. The molecule has 196 valence electrons. The predicted octanol–water partition coefficient (Wildman–Crippen LogP) is 2.26. The van der Waals surface area contributed by atoms with Gasteiger partial charge in [-0.1, -0.05) is 60.7 Å². The van der Waals surface area contributed by atoms with Crippen molar-refractivity contribution in [3.63, 3.8) is 0 Å². The van der Waals surface area contributed by atoms with Gasteiger partial charge < -0.3 is 21.3 Å². The maximum atomic E-state index is 12.4. The van der Waals surface area contributed by atoms with Crippen LogP contribution in [0.4, 0.5) is 5.69 Å². The third-order valence-electron chi connectivity index (χ3n) is 4.98. The Bertz CT molecular complexity index is 1280. The predicted molar refractivity (Wildman–Crippen MR) is 138 cm³/mol. The van der Waals surface area contributed by atoms with Crippen LogP contribution in [0.3, 0.4) is 0 Å². The fourth-order valence-corrected chi connectivity index (χ4v) is 4.35. The van der Waals surface area contributed by atoms with Crippen molar-refractivity contribution in [1.82, 2.24) is 4.72 Å². The zero-order chi connectivity index (χ0) is 27.4. The van der Waals surface area contributed by atoms with Gasteiger partial charge in [-0.2, -0.15) is 4.72 Å². The number of carboxylic acids is 2. The van der Waals surface area contributed by atoms with Gasteiger partial charge in [0.1, 0.15) is 12.1 Å². The molecule has 6 N–H and O–H groups in total. The molecule has 37 heavy (non-hydrogen) atoms. The lowest BCUT2D eigenvalue weighted by molar-refractivity contribution is -0.139. The van der Waals surface area contributed by atoms with E-state index in [1.807, 2.05) is 30.3 Å². The smallest absolute Gasteiger partial charge is 0.322 e. The average Bonchev–Trinajstić information content (AvgIpc) is 2.85. The molecular formula is C26H29N3O7S. The lowest BCUT2D eigenvalue weighted by Crippen LogP contribution is -2.42. The Morgan fingerprint density at radius 1 is 0.784 bits per heavy atom. The summed E-state index contributed by atoms with van der Waals surface area (Å²) in [6, 6.07) is 21.5. The van der Waals surface area contributed by atoms with E-state index in [-0.39, 0.29) is 17.2 Å². The number of amides is 1. The van der Waals surface area contributed by atoms with Gasteiger partial charge in [0.2, 0.25) is 15.9 Å². The van der Waals surface area contributed by atoms with Crippen LogP contribution < -0.4 is 15.8 Å². The quantitative estimate of drug-likeness (QED) is 0.267. The van der Waals surface area contributed by atoms with Crippen molar-refractivity contribution in [2.75, 3.05) is 5.32 Å². The van der Waals surface area contributed by atoms with E-state index in [0.29, 0.717) is 17.7 Å². The number of carboxylic acid groups (broad SMARTS) is 2. The average molecular weight is 528 g/mol. The summed E-state index contributed by atoms with van der Waals surface area (Å²) in [5, 5.41) is 20.4. The van der Waals surface area contributed by atoms with E-state index in [9.17, 15) is 27.9 Å². The Balaban J connectivity index is 0.000000335. The Hall–Kier alpha value is -4.06. The minimum atomic E-state index is -4.01. The van der Waals surface area contributed by atoms with E-state index in [2.05, 4.69) is 10.0 Å². The molecule has 0 aliphatic rings. The number of hydrogen-bond acceptors (Lipinski definition) is 6. The minimum absolute atomic E-state index is 0.0272. The molecule has 3 aromatic carbocycles. The zero-order valence-electron chi connectivity index (χ0n) is 20.1. The molecule has 10 nitrogen and oxygen atoms in total. The summed E-state index contributed by atoms with van der Waals surface area (Å²) in [6.45, 7) is 1.34. The number of sulfonamides is 1. The Morgan fingerprint density at radius 3 is 1.70 bits per heavy atom. The third-order valence-corrected chi connectivity index (χ3v) is 6.47. The molecular weight excluding hydrogens is 498 g/mol. The van der Waals surface area contributed by atoms with Gasteiger partial charge in [-0.3, -0.25) is 14.4 Å². The first-order valence-corrected chi connectivity index (χ1v) is 12.7. The summed E-state index contributed by atoms with van der Waals surface area (Å²) in [5.41, 5.74) is 7.46. The van der Waals surface area contributed by atoms with Crippen LogP contribution in [0.15, 0.2) is 89.8 Å². The highest BCUT2D eigenvalue weighted by Crippen LogP contribution is 2.15. The zero-order valence-corrected chi connectivity index (χ0v) is 20.9. The molecule has 0 aromatic heterocycles. The monoisotopic (exact) mass is 527 g/mol. The number of nitrogens with two attached hydrogens (primary N) is 1. The van der Waals surface area contributed by atoms with Crippen molar-refractivity contribution in [1.29, 1.82) is 0 Å². The lowest BCUT2D eigenvalue weighted by Gasteiger charge is -2.15. The minimum Gasteiger partial charge on any atom is -0.480 e. The number of carbonyl (C=O) groups excluding carboxylic acids is 1. The second kappa shape index (κ2) is 13.9. The van der Waals surface area contributed by atoms with Crippen LogP contribution in [0, 0.1) is 0 Å². The van der Waals surface area contributed by atoms with Gasteiger partial charge in [0, 0.05) is 12.6 Å². The van der Waals surface area contributed by atoms with Crippen LogP contribution >= 0.6 is 0 Å². The van der Waals surface area contributed by atoms with Crippen molar-refractivity contribution < 1.29 is 33.0 Å². The molecule has 0 radical (unpaired) electrons. The lowest BCUT2D eigenvalue weighted by atomic mass is 10.1. The second-order valence-corrected chi connectivity index (χ2v) is 9.76. The fraction of sp³-hybridized carbons (Fsp3) is 0.192. The van der Waals surface area contributed by atoms with Gasteiger partial charge in [-0.15, -0.1) is 0 Å². The van der Waals surface area contributed by atoms with Crippen LogP contribution in [0.2, 0.25) is 0 Å². The molecule has 3 aromatic rings. The first-order chi connectivity index (χ1) is 17.5. The van der Waals surface area contributed by atoms with Gasteiger partial charge in [0.15, 0.2) is 0 Å². The van der Waals surface area contributed by atoms with Gasteiger partial charge in [-0.05, 0) is 48.2 Å². The number of benzene rings is 3. The van der Waals surface area contributed by atoms with Gasteiger partial charge in [0.05, 0.1) is 4.90 Å². The maximum absolute atomic E-state index is 12.4. The second-order valence-electron chi connectivity index (χ2n) is 8.04. The summed E-state index contributed by atoms with van der Waals surface area (Å²) in [4.78, 5) is 32.7. The molecule has 1 amide bonds. The van der Waals surface area contributed by atoms with Gasteiger partial charge >= 0.3 is 11.9 Å². The van der Waals surface area contributed by atoms with E-state index < -0.39 is 34.0 Å². The molecule has 0 aliphatic carbocycles. The fourth-order valence-electron chi connectivity index (χ4n) is 3.16. The van der Waals surface area contributed by atoms with Crippen molar-refractivity contribution in [3.8, 4) is 0 Å². The van der Waals surface area contributed by atoms with E-state index in [0.717, 1.165) is 5.56 Å². The molecule has 3 rings (SSSR count). The SMILES string of the molecule is CC(=O)Nc1ccc(S(=O)(=O)N[C@@H](Cc2ccccc2)C(=O)O)cc1.N[C@@H](Cc1ccccc1)C(=O)O. The van der Waals surface area contributed by atoms with Crippen LogP contribution in [0.5, 0.6) is 0 Å². The van der Waals surface area contributed by atoms with E-state index >= 15 is 0 Å². The van der Waals surface area contributed by atoms with E-state index in [4.69, 9.17) is 10.8 Å². The van der Waals surface area contributed by atoms with Crippen LogP contribution in [0.1, 0.15) is 18.1 Å². The summed E-state index contributed by atoms with van der Waals surface area (Å²) in [7, 11) is -4.01. The standard InChI is InChI=1S/C17H18N2O5S.C9H11NO2/c1-12(20)18-14-7-9-15(10-8-14)25(23,24)19-16(17(21)22)11-13-5-3-2-4-6-13;10-8(9(11)12)6-7-4-2-1-3-5-7/h2-10,16,19H,11H2,1H3,(H,18,20)(H,21,22);1-5,8H,6,10H2,(H,11,12)/t16-;8-/m00/s1. The largest absolute Gasteiger partial charge is 0.480 e. The van der Waals surface area contributed by atoms with Crippen molar-refractivity contribution >= 4 is 33.6 Å². The Morgan fingerprint density at radius 2 is 1.27 bits per heavy atom. The van der Waals surface area contributed by atoms with Crippen LogP contribution in [-0.2, 0) is 37.2 Å². The highest BCUT2D eigenvalue weighted by atomic mass is 32.2. The number of hydrogen-bond donors (Lipinski definition) is 5. The third kappa shape index (κ3) is 10.2. The van der Waals surface area contributed by atoms with Gasteiger partial charge in [-0.25, -0.2) is 8.42 Å². The molecule has 0 saturated heterocycles. The Kier molecular flexibility index (Phi) is 10.9. The van der Waals surface area contributed by atoms with E-state index in [1.165, 1.54) is 31.2 Å². The highest BCUT2D eigenvalue weighted by Gasteiger charge is 2.25. The normalized spacial score (nSPS) is 12.4. The molecule has 0 fully saturated rings. The number of anilines is 1. The summed E-state index contributed by atoms with van der Waals surface area (Å²) < 4.78 is 27.0. The molecule has 2 atom stereocenters. The van der Waals surface area contributed by atoms with Gasteiger partial charge in [0.25, 0.3) is 0 Å². The van der Waals surface area contributed by atoms with Crippen molar-refractivity contribution in [2.24, 2.45) is 5.73 Å². The first-order valence-electron chi connectivity index (χ1n) is 11.2. The van der Waals surface area contributed by atoms with Crippen molar-refractivity contribution in [3.05, 3.63) is 96.1 Å². The first kappa shape index (κ1) is 29.2. The molecule has 11 heteroatoms. The van der Waals surface area contributed by atoms with Crippen LogP contribution in [-0.4, -0.2) is 48.6 Å². The maximum Gasteiger partial charge on any atom is 0.322 e. The van der Waals surface area contributed by atoms with Crippen LogP contribution in [0.25, 0.3) is 0 Å². The summed E-state index contributed by atoms with van der Waals surface area (Å²) in [5.74, 6) is -2.50. The molecule has 0 spiro atoms. The summed E-state index contributed by atoms with van der Waals surface area (Å²) >= 11 is 0. The van der Waals surface area contributed by atoms with Crippen molar-refractivity contribution in [2.45, 2.75) is 36.7 Å². The molecule has 0 heterocycles. The number of nitrogens with one attached hydrogen (secondary N) is 2. The molecule has 0 aliphatic heterocycles. The highest BCUT2D eigenvalue weighted by molar-refractivity contribution is 7.89. The number of aliphatic carboxylic acids is 2. The topological polar surface area (TPSA) is 176 Å².